The van der Waals surface area contributed by atoms with E-state index in [1.807, 2.05) is 23.1 Å². The van der Waals surface area contributed by atoms with Gasteiger partial charge in [0.05, 0.1) is 11.4 Å². The number of thioether (sulfide) groups is 1. The zero-order chi connectivity index (χ0) is 18.8. The molecular formula is C21H18FN3OS. The molecule has 0 saturated carbocycles. The minimum atomic E-state index is -0.284. The highest BCUT2D eigenvalue weighted by Crippen LogP contribution is 2.32. The standard InChI is InChI=1S/C21H18FN3OS/c1-14-12-16-4-2-3-5-19(16)25(14)20(26)13-27-21-23-11-10-18(24-21)15-6-8-17(22)9-7-15/h2-11,14H,12-13H2,1H3/t14-/m1/s1. The summed E-state index contributed by atoms with van der Waals surface area (Å²) in [7, 11) is 0. The number of carbonyl (C=O) groups excluding carboxylic acids is 1. The molecule has 2 heterocycles. The number of hydrogen-bond acceptors (Lipinski definition) is 4. The molecular weight excluding hydrogens is 361 g/mol. The van der Waals surface area contributed by atoms with Crippen molar-refractivity contribution in [2.24, 2.45) is 0 Å². The number of rotatable bonds is 4. The van der Waals surface area contributed by atoms with Crippen LogP contribution in [0.3, 0.4) is 0 Å². The molecule has 0 fully saturated rings. The molecule has 4 rings (SSSR count). The Kier molecular flexibility index (Phi) is 4.90. The monoisotopic (exact) mass is 379 g/mol. The number of nitrogens with zero attached hydrogens (tertiary/aromatic N) is 3. The largest absolute Gasteiger partial charge is 0.308 e. The first-order valence-electron chi connectivity index (χ1n) is 8.73. The summed E-state index contributed by atoms with van der Waals surface area (Å²) in [6.07, 6.45) is 2.54. The van der Waals surface area contributed by atoms with Crippen molar-refractivity contribution in [1.82, 2.24) is 9.97 Å². The van der Waals surface area contributed by atoms with Crippen LogP contribution in [0.5, 0.6) is 0 Å². The van der Waals surface area contributed by atoms with Gasteiger partial charge in [-0.1, -0.05) is 30.0 Å². The lowest BCUT2D eigenvalue weighted by molar-refractivity contribution is -0.116. The third kappa shape index (κ3) is 3.71. The second kappa shape index (κ2) is 7.48. The Labute approximate surface area is 161 Å². The lowest BCUT2D eigenvalue weighted by Crippen LogP contribution is -2.37. The molecule has 1 amide bonds. The summed E-state index contributed by atoms with van der Waals surface area (Å²) in [5, 5.41) is 0.533. The lowest BCUT2D eigenvalue weighted by Gasteiger charge is -2.22. The number of anilines is 1. The molecule has 3 aromatic rings. The number of halogens is 1. The van der Waals surface area contributed by atoms with Crippen LogP contribution in [0, 0.1) is 5.82 Å². The molecule has 2 aromatic carbocycles. The van der Waals surface area contributed by atoms with Gasteiger partial charge in [0.25, 0.3) is 0 Å². The first-order valence-corrected chi connectivity index (χ1v) is 9.72. The number of aromatic nitrogens is 2. The highest BCUT2D eigenvalue weighted by molar-refractivity contribution is 7.99. The molecule has 0 unspecified atom stereocenters. The summed E-state index contributed by atoms with van der Waals surface area (Å²) in [4.78, 5) is 23.4. The fourth-order valence-corrected chi connectivity index (χ4v) is 4.02. The topological polar surface area (TPSA) is 46.1 Å². The van der Waals surface area contributed by atoms with Crippen molar-refractivity contribution >= 4 is 23.4 Å². The fourth-order valence-electron chi connectivity index (χ4n) is 3.33. The maximum Gasteiger partial charge on any atom is 0.237 e. The van der Waals surface area contributed by atoms with Gasteiger partial charge in [-0.25, -0.2) is 14.4 Å². The highest BCUT2D eigenvalue weighted by atomic mass is 32.2. The third-order valence-corrected chi connectivity index (χ3v) is 5.42. The van der Waals surface area contributed by atoms with Gasteiger partial charge >= 0.3 is 0 Å². The SMILES string of the molecule is C[C@@H]1Cc2ccccc2N1C(=O)CSc1nccc(-c2ccc(F)cc2)n1. The molecule has 27 heavy (non-hydrogen) atoms. The molecule has 0 aliphatic carbocycles. The maximum atomic E-state index is 13.1. The van der Waals surface area contributed by atoms with Crippen molar-refractivity contribution in [2.45, 2.75) is 24.5 Å². The molecule has 1 aliphatic rings. The van der Waals surface area contributed by atoms with E-state index >= 15 is 0 Å². The molecule has 1 aromatic heterocycles. The molecule has 0 bridgehead atoms. The van der Waals surface area contributed by atoms with E-state index in [1.165, 1.54) is 29.5 Å². The van der Waals surface area contributed by atoms with Crippen LogP contribution in [0.2, 0.25) is 0 Å². The Morgan fingerprint density at radius 2 is 1.96 bits per heavy atom. The summed E-state index contributed by atoms with van der Waals surface area (Å²) in [6, 6.07) is 16.1. The van der Waals surface area contributed by atoms with Gasteiger partial charge in [0.2, 0.25) is 5.91 Å². The summed E-state index contributed by atoms with van der Waals surface area (Å²) in [5.41, 5.74) is 3.73. The average molecular weight is 379 g/mol. The minimum Gasteiger partial charge on any atom is -0.308 e. The first-order chi connectivity index (χ1) is 13.1. The van der Waals surface area contributed by atoms with Crippen LogP contribution >= 0.6 is 11.8 Å². The molecule has 0 spiro atoms. The zero-order valence-electron chi connectivity index (χ0n) is 14.8. The molecule has 1 atom stereocenters. The van der Waals surface area contributed by atoms with Crippen molar-refractivity contribution in [3.63, 3.8) is 0 Å². The van der Waals surface area contributed by atoms with Gasteiger partial charge in [0.15, 0.2) is 5.16 Å². The van der Waals surface area contributed by atoms with Gasteiger partial charge in [0, 0.05) is 23.5 Å². The smallest absolute Gasteiger partial charge is 0.237 e. The molecule has 0 N–H and O–H groups in total. The van der Waals surface area contributed by atoms with Crippen molar-refractivity contribution in [3.05, 3.63) is 72.2 Å². The predicted octanol–water partition coefficient (Wildman–Crippen LogP) is 4.35. The van der Waals surface area contributed by atoms with Gasteiger partial charge in [-0.15, -0.1) is 0 Å². The quantitative estimate of drug-likeness (QED) is 0.499. The number of carbonyl (C=O) groups is 1. The maximum absolute atomic E-state index is 13.1. The fraction of sp³-hybridized carbons (Fsp3) is 0.190. The second-order valence-electron chi connectivity index (χ2n) is 6.47. The Hall–Kier alpha value is -2.73. The Bertz CT molecular complexity index is 977. The molecule has 4 nitrogen and oxygen atoms in total. The number of hydrogen-bond donors (Lipinski definition) is 0. The van der Waals surface area contributed by atoms with E-state index in [1.54, 1.807) is 24.4 Å². The molecule has 6 heteroatoms. The van der Waals surface area contributed by atoms with Crippen LogP contribution in [-0.4, -0.2) is 27.7 Å². The van der Waals surface area contributed by atoms with E-state index in [4.69, 9.17) is 0 Å². The van der Waals surface area contributed by atoms with E-state index in [9.17, 15) is 9.18 Å². The average Bonchev–Trinajstić information content (AvgIpc) is 3.03. The molecule has 1 aliphatic heterocycles. The van der Waals surface area contributed by atoms with Crippen LogP contribution in [0.25, 0.3) is 11.3 Å². The first kappa shape index (κ1) is 17.7. The normalized spacial score (nSPS) is 15.6. The third-order valence-electron chi connectivity index (χ3n) is 4.57. The van der Waals surface area contributed by atoms with Crippen molar-refractivity contribution in [1.29, 1.82) is 0 Å². The predicted molar refractivity (Wildman–Crippen MR) is 105 cm³/mol. The van der Waals surface area contributed by atoms with E-state index in [0.717, 1.165) is 17.7 Å². The van der Waals surface area contributed by atoms with Gasteiger partial charge in [-0.2, -0.15) is 0 Å². The van der Waals surface area contributed by atoms with Crippen molar-refractivity contribution < 1.29 is 9.18 Å². The van der Waals surface area contributed by atoms with E-state index in [-0.39, 0.29) is 23.5 Å². The summed E-state index contributed by atoms with van der Waals surface area (Å²) < 4.78 is 13.1. The molecule has 0 radical (unpaired) electrons. The van der Waals surface area contributed by atoms with E-state index in [2.05, 4.69) is 23.0 Å². The van der Waals surface area contributed by atoms with Crippen molar-refractivity contribution in [3.8, 4) is 11.3 Å². The Balaban J connectivity index is 1.47. The lowest BCUT2D eigenvalue weighted by atomic mass is 10.1. The summed E-state index contributed by atoms with van der Waals surface area (Å²) >= 11 is 1.32. The zero-order valence-corrected chi connectivity index (χ0v) is 15.6. The number of fused-ring (bicyclic) bond motifs is 1. The van der Waals surface area contributed by atoms with Crippen LogP contribution in [0.15, 0.2) is 66.0 Å². The van der Waals surface area contributed by atoms with Gasteiger partial charge in [-0.3, -0.25) is 4.79 Å². The summed E-state index contributed by atoms with van der Waals surface area (Å²) in [5.74, 6) is 0.0344. The number of benzene rings is 2. The molecule has 136 valence electrons. The van der Waals surface area contributed by atoms with E-state index in [0.29, 0.717) is 10.9 Å². The Morgan fingerprint density at radius 1 is 1.19 bits per heavy atom. The Morgan fingerprint density at radius 3 is 2.78 bits per heavy atom. The van der Waals surface area contributed by atoms with Crippen LogP contribution in [0.4, 0.5) is 10.1 Å². The number of amides is 1. The van der Waals surface area contributed by atoms with Crippen LogP contribution < -0.4 is 4.90 Å². The number of para-hydroxylation sites is 1. The highest BCUT2D eigenvalue weighted by Gasteiger charge is 2.30. The van der Waals surface area contributed by atoms with Gasteiger partial charge in [-0.05, 0) is 55.3 Å². The minimum absolute atomic E-state index is 0.0493. The van der Waals surface area contributed by atoms with Crippen LogP contribution in [0.1, 0.15) is 12.5 Å². The van der Waals surface area contributed by atoms with Gasteiger partial charge < -0.3 is 4.90 Å². The van der Waals surface area contributed by atoms with Crippen LogP contribution in [-0.2, 0) is 11.2 Å². The second-order valence-corrected chi connectivity index (χ2v) is 7.41. The van der Waals surface area contributed by atoms with Crippen molar-refractivity contribution in [2.75, 3.05) is 10.7 Å². The van der Waals surface area contributed by atoms with Gasteiger partial charge in [0.1, 0.15) is 5.82 Å². The van der Waals surface area contributed by atoms with E-state index < -0.39 is 0 Å². The summed E-state index contributed by atoms with van der Waals surface area (Å²) in [6.45, 7) is 2.06. The molecule has 0 saturated heterocycles.